The van der Waals surface area contributed by atoms with E-state index in [9.17, 15) is 0 Å². The van der Waals surface area contributed by atoms with Gasteiger partial charge in [-0.25, -0.2) is 0 Å². The van der Waals surface area contributed by atoms with Gasteiger partial charge in [-0.3, -0.25) is 0 Å². The molecule has 90 valence electrons. The summed E-state index contributed by atoms with van der Waals surface area (Å²) in [5.41, 5.74) is 0.941. The zero-order valence-corrected chi connectivity index (χ0v) is 11.1. The fourth-order valence-electron chi connectivity index (χ4n) is 2.24. The first-order chi connectivity index (χ1) is 6.89. The van der Waals surface area contributed by atoms with Gasteiger partial charge in [-0.05, 0) is 36.8 Å². The van der Waals surface area contributed by atoms with E-state index in [-0.39, 0.29) is 0 Å². The second-order valence-electron chi connectivity index (χ2n) is 6.15. The van der Waals surface area contributed by atoms with E-state index >= 15 is 0 Å². The molecular formula is C13H27NO. The fraction of sp³-hybridized carbons (Fsp3) is 1.00. The quantitative estimate of drug-likeness (QED) is 0.715. The van der Waals surface area contributed by atoms with Crippen molar-refractivity contribution in [3.8, 4) is 0 Å². The maximum Gasteiger partial charge on any atom is 0.0589 e. The van der Waals surface area contributed by atoms with Crippen LogP contribution in [0.5, 0.6) is 0 Å². The Morgan fingerprint density at radius 3 is 2.13 bits per heavy atom. The van der Waals surface area contributed by atoms with E-state index in [1.54, 1.807) is 7.11 Å². The Morgan fingerprint density at radius 1 is 1.20 bits per heavy atom. The molecule has 0 aromatic heterocycles. The molecule has 1 fully saturated rings. The first kappa shape index (κ1) is 13.0. The number of ether oxygens (including phenoxy) is 1. The third-order valence-corrected chi connectivity index (χ3v) is 4.38. The lowest BCUT2D eigenvalue weighted by Gasteiger charge is -2.47. The molecule has 0 amide bonds. The molecule has 0 bridgehead atoms. The number of rotatable bonds is 3. The molecule has 0 aromatic carbocycles. The average Bonchev–Trinajstić information content (AvgIpc) is 2.15. The van der Waals surface area contributed by atoms with Gasteiger partial charge in [0.15, 0.2) is 0 Å². The highest BCUT2D eigenvalue weighted by Gasteiger charge is 2.39. The molecule has 15 heavy (non-hydrogen) atoms. The lowest BCUT2D eigenvalue weighted by Crippen LogP contribution is -2.45. The molecule has 0 N–H and O–H groups in total. The van der Waals surface area contributed by atoms with E-state index in [1.807, 2.05) is 0 Å². The van der Waals surface area contributed by atoms with Gasteiger partial charge in [-0.15, -0.1) is 0 Å². The van der Waals surface area contributed by atoms with Gasteiger partial charge in [0.1, 0.15) is 0 Å². The number of methoxy groups -OCH3 is 1. The van der Waals surface area contributed by atoms with Crippen molar-refractivity contribution in [1.29, 1.82) is 0 Å². The number of nitrogens with zero attached hydrogens (tertiary/aromatic N) is 1. The summed E-state index contributed by atoms with van der Waals surface area (Å²) in [4.78, 5) is 2.52. The van der Waals surface area contributed by atoms with Crippen LogP contribution in [0.4, 0.5) is 0 Å². The van der Waals surface area contributed by atoms with Crippen LogP contribution in [0, 0.1) is 10.8 Å². The molecule has 0 aliphatic carbocycles. The zero-order valence-electron chi connectivity index (χ0n) is 11.1. The summed E-state index contributed by atoms with van der Waals surface area (Å²) in [6, 6.07) is 0. The van der Waals surface area contributed by atoms with Crippen molar-refractivity contribution in [3.05, 3.63) is 0 Å². The molecule has 0 radical (unpaired) electrons. The molecule has 2 nitrogen and oxygen atoms in total. The van der Waals surface area contributed by atoms with Crippen molar-refractivity contribution in [2.75, 3.05) is 33.4 Å². The maximum atomic E-state index is 5.12. The summed E-state index contributed by atoms with van der Waals surface area (Å²) in [5, 5.41) is 0. The number of hydrogen-bond donors (Lipinski definition) is 0. The SMILES string of the molecule is COCCN1CCC(C)(C(C)(C)C)CC1. The van der Waals surface area contributed by atoms with Gasteiger partial charge in [-0.1, -0.05) is 27.7 Å². The lowest BCUT2D eigenvalue weighted by atomic mass is 9.63. The minimum atomic E-state index is 0.431. The van der Waals surface area contributed by atoms with Crippen LogP contribution in [-0.4, -0.2) is 38.3 Å². The van der Waals surface area contributed by atoms with E-state index in [2.05, 4.69) is 32.6 Å². The van der Waals surface area contributed by atoms with Crippen LogP contribution >= 0.6 is 0 Å². The summed E-state index contributed by atoms with van der Waals surface area (Å²) in [6.07, 6.45) is 2.64. The molecule has 0 aromatic rings. The summed E-state index contributed by atoms with van der Waals surface area (Å²) >= 11 is 0. The first-order valence-electron chi connectivity index (χ1n) is 6.10. The number of likely N-dealkylation sites (tertiary alicyclic amines) is 1. The van der Waals surface area contributed by atoms with Gasteiger partial charge >= 0.3 is 0 Å². The van der Waals surface area contributed by atoms with Crippen molar-refractivity contribution in [3.63, 3.8) is 0 Å². The van der Waals surface area contributed by atoms with Crippen LogP contribution in [0.3, 0.4) is 0 Å². The molecule has 0 atom stereocenters. The van der Waals surface area contributed by atoms with Gasteiger partial charge in [0.25, 0.3) is 0 Å². The average molecular weight is 213 g/mol. The summed E-state index contributed by atoms with van der Waals surface area (Å²) in [7, 11) is 1.78. The number of piperidine rings is 1. The minimum absolute atomic E-state index is 0.431. The predicted molar refractivity (Wildman–Crippen MR) is 65.1 cm³/mol. The van der Waals surface area contributed by atoms with E-state index < -0.39 is 0 Å². The van der Waals surface area contributed by atoms with Crippen LogP contribution < -0.4 is 0 Å². The molecular weight excluding hydrogens is 186 g/mol. The Hall–Kier alpha value is -0.0800. The summed E-state index contributed by atoms with van der Waals surface area (Å²) < 4.78 is 5.12. The van der Waals surface area contributed by atoms with E-state index in [0.29, 0.717) is 10.8 Å². The summed E-state index contributed by atoms with van der Waals surface area (Å²) in [5.74, 6) is 0. The fourth-order valence-corrected chi connectivity index (χ4v) is 2.24. The molecule has 1 rings (SSSR count). The molecule has 1 aliphatic heterocycles. The second-order valence-corrected chi connectivity index (χ2v) is 6.15. The van der Waals surface area contributed by atoms with Crippen LogP contribution in [0.1, 0.15) is 40.5 Å². The van der Waals surface area contributed by atoms with Crippen molar-refractivity contribution >= 4 is 0 Å². The normalized spacial score (nSPS) is 23.0. The van der Waals surface area contributed by atoms with Gasteiger partial charge < -0.3 is 9.64 Å². The van der Waals surface area contributed by atoms with Gasteiger partial charge in [0.2, 0.25) is 0 Å². The first-order valence-corrected chi connectivity index (χ1v) is 6.10. The molecule has 1 saturated heterocycles. The molecule has 2 heteroatoms. The monoisotopic (exact) mass is 213 g/mol. The Labute approximate surface area is 95.0 Å². The topological polar surface area (TPSA) is 12.5 Å². The smallest absolute Gasteiger partial charge is 0.0589 e. The standard InChI is InChI=1S/C13H27NO/c1-12(2,3)13(4)6-8-14(9-7-13)10-11-15-5/h6-11H2,1-5H3. The highest BCUT2D eigenvalue weighted by Crippen LogP contribution is 2.46. The highest BCUT2D eigenvalue weighted by atomic mass is 16.5. The van der Waals surface area contributed by atoms with E-state index in [4.69, 9.17) is 4.74 Å². The Balaban J connectivity index is 2.41. The third-order valence-electron chi connectivity index (χ3n) is 4.38. The van der Waals surface area contributed by atoms with Gasteiger partial charge in [0.05, 0.1) is 6.61 Å². The van der Waals surface area contributed by atoms with Crippen LogP contribution in [0.15, 0.2) is 0 Å². The minimum Gasteiger partial charge on any atom is -0.383 e. The second kappa shape index (κ2) is 4.84. The van der Waals surface area contributed by atoms with Crippen LogP contribution in [-0.2, 0) is 4.74 Å². The van der Waals surface area contributed by atoms with Gasteiger partial charge in [-0.2, -0.15) is 0 Å². The highest BCUT2D eigenvalue weighted by molar-refractivity contribution is 4.90. The maximum absolute atomic E-state index is 5.12. The van der Waals surface area contributed by atoms with Crippen LogP contribution in [0.2, 0.25) is 0 Å². The van der Waals surface area contributed by atoms with Crippen molar-refractivity contribution in [2.24, 2.45) is 10.8 Å². The molecule has 1 aliphatic rings. The third kappa shape index (κ3) is 3.18. The van der Waals surface area contributed by atoms with Gasteiger partial charge in [0, 0.05) is 13.7 Å². The zero-order chi connectivity index (χ0) is 11.5. The Kier molecular flexibility index (Phi) is 4.19. The lowest BCUT2D eigenvalue weighted by molar-refractivity contribution is 0.0148. The molecule has 0 unspecified atom stereocenters. The van der Waals surface area contributed by atoms with Crippen molar-refractivity contribution in [1.82, 2.24) is 4.90 Å². The molecule has 0 spiro atoms. The summed E-state index contributed by atoms with van der Waals surface area (Å²) in [6.45, 7) is 14.0. The van der Waals surface area contributed by atoms with Crippen molar-refractivity contribution in [2.45, 2.75) is 40.5 Å². The van der Waals surface area contributed by atoms with E-state index in [1.165, 1.54) is 25.9 Å². The van der Waals surface area contributed by atoms with Crippen molar-refractivity contribution < 1.29 is 4.74 Å². The predicted octanol–water partition coefficient (Wildman–Crippen LogP) is 2.78. The number of hydrogen-bond acceptors (Lipinski definition) is 2. The van der Waals surface area contributed by atoms with Crippen LogP contribution in [0.25, 0.3) is 0 Å². The Morgan fingerprint density at radius 2 is 1.73 bits per heavy atom. The Bertz CT molecular complexity index is 187. The molecule has 1 heterocycles. The molecule has 0 saturated carbocycles. The van der Waals surface area contributed by atoms with E-state index in [0.717, 1.165) is 13.2 Å². The largest absolute Gasteiger partial charge is 0.383 e.